The summed E-state index contributed by atoms with van der Waals surface area (Å²) in [6, 6.07) is 9.57. The quantitative estimate of drug-likeness (QED) is 0.635. The molecular weight excluding hydrogens is 274 g/mol. The van der Waals surface area contributed by atoms with Crippen LogP contribution in [0.3, 0.4) is 0 Å². The normalized spacial score (nSPS) is 13.5. The van der Waals surface area contributed by atoms with Gasteiger partial charge in [0, 0.05) is 18.3 Å². The Morgan fingerprint density at radius 1 is 1.29 bits per heavy atom. The van der Waals surface area contributed by atoms with E-state index >= 15 is 0 Å². The molecule has 106 valence electrons. The van der Waals surface area contributed by atoms with Crippen LogP contribution in [0.4, 0.5) is 11.5 Å². The van der Waals surface area contributed by atoms with Crippen LogP contribution in [0.2, 0.25) is 0 Å². The topological polar surface area (TPSA) is 85.6 Å². The van der Waals surface area contributed by atoms with E-state index in [0.717, 1.165) is 5.56 Å². The predicted molar refractivity (Wildman–Crippen MR) is 74.0 cm³/mol. The van der Waals surface area contributed by atoms with Crippen molar-refractivity contribution in [3.05, 3.63) is 58.3 Å². The minimum absolute atomic E-state index is 0.0191. The number of rotatable bonds is 3. The molecule has 0 radical (unpaired) electrons. The van der Waals surface area contributed by atoms with E-state index in [1.807, 2.05) is 0 Å². The highest BCUT2D eigenvalue weighted by molar-refractivity contribution is 5.96. The first kappa shape index (κ1) is 13.0. The van der Waals surface area contributed by atoms with Crippen molar-refractivity contribution in [2.45, 2.75) is 6.54 Å². The SMILES string of the molecule is O=C1COc2cccnc2N1Cc1ccc([N+](=O)[O-])cc1. The molecule has 0 unspecified atom stereocenters. The Kier molecular flexibility index (Phi) is 3.23. The Morgan fingerprint density at radius 2 is 2.05 bits per heavy atom. The van der Waals surface area contributed by atoms with Crippen LogP contribution in [-0.2, 0) is 11.3 Å². The molecule has 0 bridgehead atoms. The van der Waals surface area contributed by atoms with Crippen molar-refractivity contribution in [1.82, 2.24) is 4.98 Å². The van der Waals surface area contributed by atoms with Crippen molar-refractivity contribution in [2.24, 2.45) is 0 Å². The van der Waals surface area contributed by atoms with Gasteiger partial charge in [-0.25, -0.2) is 4.98 Å². The van der Waals surface area contributed by atoms with Gasteiger partial charge in [-0.15, -0.1) is 0 Å². The molecule has 3 rings (SSSR count). The van der Waals surface area contributed by atoms with Gasteiger partial charge in [0.25, 0.3) is 11.6 Å². The van der Waals surface area contributed by atoms with Crippen molar-refractivity contribution < 1.29 is 14.5 Å². The Balaban J connectivity index is 1.87. The second-order valence-corrected chi connectivity index (χ2v) is 4.52. The van der Waals surface area contributed by atoms with E-state index < -0.39 is 4.92 Å². The van der Waals surface area contributed by atoms with Crippen LogP contribution in [0.25, 0.3) is 0 Å². The van der Waals surface area contributed by atoms with Crippen molar-refractivity contribution >= 4 is 17.4 Å². The molecule has 1 aromatic carbocycles. The third kappa shape index (κ3) is 2.53. The molecule has 0 aliphatic carbocycles. The number of hydrogen-bond donors (Lipinski definition) is 0. The van der Waals surface area contributed by atoms with E-state index in [-0.39, 0.29) is 18.2 Å². The molecular formula is C14H11N3O4. The standard InChI is InChI=1S/C14H11N3O4/c18-13-9-21-12-2-1-7-15-14(12)16(13)8-10-3-5-11(6-4-10)17(19)20/h1-7H,8-9H2. The lowest BCUT2D eigenvalue weighted by Crippen LogP contribution is -2.38. The second kappa shape index (κ2) is 5.20. The number of non-ortho nitro benzene ring substituents is 1. The summed E-state index contributed by atoms with van der Waals surface area (Å²) in [6.45, 7) is 0.260. The Hall–Kier alpha value is -2.96. The summed E-state index contributed by atoms with van der Waals surface area (Å²) in [5, 5.41) is 10.6. The molecule has 1 amide bonds. The molecule has 0 spiro atoms. The highest BCUT2D eigenvalue weighted by Crippen LogP contribution is 2.30. The van der Waals surface area contributed by atoms with Gasteiger partial charge in [-0.3, -0.25) is 19.8 Å². The fraction of sp³-hybridized carbons (Fsp3) is 0.143. The van der Waals surface area contributed by atoms with E-state index in [0.29, 0.717) is 18.1 Å². The van der Waals surface area contributed by atoms with Gasteiger partial charge in [-0.1, -0.05) is 12.1 Å². The van der Waals surface area contributed by atoms with Crippen molar-refractivity contribution in [3.8, 4) is 5.75 Å². The average Bonchev–Trinajstić information content (AvgIpc) is 2.51. The number of carbonyl (C=O) groups excluding carboxylic acids is 1. The van der Waals surface area contributed by atoms with Gasteiger partial charge in [-0.05, 0) is 17.7 Å². The molecule has 0 saturated heterocycles. The maximum absolute atomic E-state index is 12.0. The number of ether oxygens (including phenoxy) is 1. The minimum Gasteiger partial charge on any atom is -0.480 e. The van der Waals surface area contributed by atoms with Gasteiger partial charge in [0.05, 0.1) is 11.5 Å². The van der Waals surface area contributed by atoms with E-state index in [4.69, 9.17) is 4.74 Å². The number of nitrogens with zero attached hydrogens (tertiary/aromatic N) is 3. The first-order valence-electron chi connectivity index (χ1n) is 6.26. The van der Waals surface area contributed by atoms with Crippen LogP contribution < -0.4 is 9.64 Å². The second-order valence-electron chi connectivity index (χ2n) is 4.52. The van der Waals surface area contributed by atoms with E-state index in [2.05, 4.69) is 4.98 Å². The summed E-state index contributed by atoms with van der Waals surface area (Å²) in [7, 11) is 0. The summed E-state index contributed by atoms with van der Waals surface area (Å²) >= 11 is 0. The third-order valence-corrected chi connectivity index (χ3v) is 3.15. The third-order valence-electron chi connectivity index (χ3n) is 3.15. The zero-order chi connectivity index (χ0) is 14.8. The van der Waals surface area contributed by atoms with Gasteiger partial charge in [-0.2, -0.15) is 0 Å². The molecule has 1 aromatic heterocycles. The molecule has 0 N–H and O–H groups in total. The molecule has 7 nitrogen and oxygen atoms in total. The van der Waals surface area contributed by atoms with Crippen LogP contribution in [0.1, 0.15) is 5.56 Å². The van der Waals surface area contributed by atoms with Gasteiger partial charge in [0.15, 0.2) is 18.2 Å². The first-order chi connectivity index (χ1) is 10.1. The zero-order valence-electron chi connectivity index (χ0n) is 10.9. The van der Waals surface area contributed by atoms with E-state index in [1.165, 1.54) is 17.0 Å². The average molecular weight is 285 g/mol. The fourth-order valence-corrected chi connectivity index (χ4v) is 2.10. The lowest BCUT2D eigenvalue weighted by molar-refractivity contribution is -0.384. The summed E-state index contributed by atoms with van der Waals surface area (Å²) in [6.07, 6.45) is 1.59. The highest BCUT2D eigenvalue weighted by atomic mass is 16.6. The molecule has 0 atom stereocenters. The lowest BCUT2D eigenvalue weighted by atomic mass is 10.2. The van der Waals surface area contributed by atoms with Gasteiger partial charge >= 0.3 is 0 Å². The molecule has 2 heterocycles. The van der Waals surface area contributed by atoms with Crippen molar-refractivity contribution in [1.29, 1.82) is 0 Å². The van der Waals surface area contributed by atoms with E-state index in [9.17, 15) is 14.9 Å². The lowest BCUT2D eigenvalue weighted by Gasteiger charge is -2.28. The number of fused-ring (bicyclic) bond motifs is 1. The molecule has 1 aliphatic rings. The van der Waals surface area contributed by atoms with Crippen LogP contribution in [0.15, 0.2) is 42.6 Å². The smallest absolute Gasteiger partial charge is 0.269 e. The van der Waals surface area contributed by atoms with Gasteiger partial charge in [0.1, 0.15) is 0 Å². The largest absolute Gasteiger partial charge is 0.480 e. The number of nitro groups is 1. The molecule has 7 heteroatoms. The Bertz CT molecular complexity index is 700. The fourth-order valence-electron chi connectivity index (χ4n) is 2.10. The molecule has 0 saturated carbocycles. The number of anilines is 1. The van der Waals surface area contributed by atoms with Crippen LogP contribution in [0.5, 0.6) is 5.75 Å². The highest BCUT2D eigenvalue weighted by Gasteiger charge is 2.26. The number of aromatic nitrogens is 1. The van der Waals surface area contributed by atoms with Gasteiger partial charge < -0.3 is 4.74 Å². The molecule has 2 aromatic rings. The maximum Gasteiger partial charge on any atom is 0.269 e. The van der Waals surface area contributed by atoms with Gasteiger partial charge in [0.2, 0.25) is 0 Å². The Morgan fingerprint density at radius 3 is 2.76 bits per heavy atom. The monoisotopic (exact) mass is 285 g/mol. The number of nitro benzene ring substituents is 1. The number of benzene rings is 1. The summed E-state index contributed by atoms with van der Waals surface area (Å²) in [4.78, 5) is 27.8. The summed E-state index contributed by atoms with van der Waals surface area (Å²) in [5.74, 6) is 0.825. The Labute approximate surface area is 119 Å². The van der Waals surface area contributed by atoms with Crippen molar-refractivity contribution in [2.75, 3.05) is 11.5 Å². The molecule has 21 heavy (non-hydrogen) atoms. The number of carbonyl (C=O) groups is 1. The maximum atomic E-state index is 12.0. The number of amides is 1. The summed E-state index contributed by atoms with van der Waals surface area (Å²) < 4.78 is 5.31. The van der Waals surface area contributed by atoms with Crippen LogP contribution in [0, 0.1) is 10.1 Å². The minimum atomic E-state index is -0.458. The first-order valence-corrected chi connectivity index (χ1v) is 6.26. The number of hydrogen-bond acceptors (Lipinski definition) is 5. The zero-order valence-corrected chi connectivity index (χ0v) is 10.9. The van der Waals surface area contributed by atoms with Crippen molar-refractivity contribution in [3.63, 3.8) is 0 Å². The predicted octanol–water partition coefficient (Wildman–Crippen LogP) is 1.92. The number of pyridine rings is 1. The van der Waals surface area contributed by atoms with Crippen LogP contribution in [-0.4, -0.2) is 22.4 Å². The van der Waals surface area contributed by atoms with E-state index in [1.54, 1.807) is 30.5 Å². The summed E-state index contributed by atoms with van der Waals surface area (Å²) in [5.41, 5.74) is 0.804. The van der Waals surface area contributed by atoms with Crippen LogP contribution >= 0.6 is 0 Å². The molecule has 1 aliphatic heterocycles. The molecule has 0 fully saturated rings.